The van der Waals surface area contributed by atoms with Crippen LogP contribution in [0.5, 0.6) is 0 Å². The molecule has 188 valence electrons. The average Bonchev–Trinajstić information content (AvgIpc) is 2.88. The van der Waals surface area contributed by atoms with E-state index in [0.29, 0.717) is 0 Å². The summed E-state index contributed by atoms with van der Waals surface area (Å²) >= 11 is 0. The maximum absolute atomic E-state index is 4.60. The van der Waals surface area contributed by atoms with Crippen LogP contribution in [0, 0.1) is 23.7 Å². The second kappa shape index (κ2) is 9.11. The van der Waals surface area contributed by atoms with Crippen LogP contribution >= 0.6 is 18.5 Å². The largest absolute Gasteiger partial charge is 0.264 e. The molecule has 0 N–H and O–H groups in total. The molecule has 4 aliphatic rings. The second-order valence-corrected chi connectivity index (χ2v) is 19.3. The predicted octanol–water partition coefficient (Wildman–Crippen LogP) is 6.76. The number of nitrogens with zero attached hydrogens (tertiary/aromatic N) is 2. The highest BCUT2D eigenvalue weighted by atomic mass is 31.0. The Hall–Kier alpha value is -1.40. The van der Waals surface area contributed by atoms with E-state index >= 15 is 0 Å². The molecule has 2 nitrogen and oxygen atoms in total. The van der Waals surface area contributed by atoms with Crippen LogP contribution in [0.2, 0.25) is 19.6 Å². The molecule has 4 aliphatic carbocycles. The van der Waals surface area contributed by atoms with E-state index in [1.54, 1.807) is 5.56 Å². The molecule has 36 heavy (non-hydrogen) atoms. The fourth-order valence-electron chi connectivity index (χ4n) is 8.42. The van der Waals surface area contributed by atoms with Gasteiger partial charge in [0.05, 0.1) is 13.2 Å². The Bertz CT molecular complexity index is 1190. The molecule has 5 atom stereocenters. The van der Waals surface area contributed by atoms with Crippen molar-refractivity contribution in [3.63, 3.8) is 0 Å². The van der Waals surface area contributed by atoms with Gasteiger partial charge in [-0.05, 0) is 102 Å². The number of hydrogen-bond acceptors (Lipinski definition) is 2. The van der Waals surface area contributed by atoms with Crippen molar-refractivity contribution in [2.24, 2.45) is 23.7 Å². The monoisotopic (exact) mass is 530 g/mol. The molecule has 0 saturated heterocycles. The zero-order valence-electron chi connectivity index (χ0n) is 22.0. The van der Waals surface area contributed by atoms with Crippen molar-refractivity contribution in [1.82, 2.24) is 9.97 Å². The van der Waals surface area contributed by atoms with E-state index in [0.717, 1.165) is 23.7 Å². The van der Waals surface area contributed by atoms with E-state index < -0.39 is 8.07 Å². The minimum absolute atomic E-state index is 0.274. The third kappa shape index (κ3) is 3.88. The van der Waals surface area contributed by atoms with Crippen molar-refractivity contribution >= 4 is 31.7 Å². The van der Waals surface area contributed by atoms with Crippen molar-refractivity contribution in [2.45, 2.75) is 62.3 Å². The quantitative estimate of drug-likeness (QED) is 0.260. The SMILES string of the molecule is C[Si](C)(C)c1ccc(C23CC4CC(CC(C4)C2CP)C3)c(C(P)(c2cccnc2)c2cccnc2)c1. The van der Waals surface area contributed by atoms with Gasteiger partial charge < -0.3 is 0 Å². The Morgan fingerprint density at radius 2 is 1.53 bits per heavy atom. The highest BCUT2D eigenvalue weighted by Gasteiger charge is 2.58. The molecule has 4 fully saturated rings. The van der Waals surface area contributed by atoms with E-state index in [4.69, 9.17) is 0 Å². The van der Waals surface area contributed by atoms with E-state index in [2.05, 4.69) is 103 Å². The summed E-state index contributed by atoms with van der Waals surface area (Å²) in [6.07, 6.45) is 16.2. The van der Waals surface area contributed by atoms with Gasteiger partial charge in [-0.1, -0.05) is 55.2 Å². The molecule has 7 rings (SSSR count). The first-order valence-corrected chi connectivity index (χ1v) is 18.6. The molecular weight excluding hydrogens is 490 g/mol. The summed E-state index contributed by atoms with van der Waals surface area (Å²) in [5.41, 5.74) is 5.81. The number of aromatic nitrogens is 2. The molecule has 0 spiro atoms. The highest BCUT2D eigenvalue weighted by Crippen LogP contribution is 2.65. The summed E-state index contributed by atoms with van der Waals surface area (Å²) in [7, 11) is 4.94. The molecular formula is C31H40N2P2Si. The molecule has 0 amide bonds. The summed E-state index contributed by atoms with van der Waals surface area (Å²) in [4.78, 5) is 9.20. The van der Waals surface area contributed by atoms with Gasteiger partial charge in [0.1, 0.15) is 0 Å². The van der Waals surface area contributed by atoms with Crippen LogP contribution < -0.4 is 5.19 Å². The minimum Gasteiger partial charge on any atom is -0.264 e. The lowest BCUT2D eigenvalue weighted by atomic mass is 9.43. The zero-order valence-corrected chi connectivity index (χ0v) is 25.3. The Morgan fingerprint density at radius 1 is 0.917 bits per heavy atom. The van der Waals surface area contributed by atoms with Gasteiger partial charge in [-0.25, -0.2) is 0 Å². The smallest absolute Gasteiger partial charge is 0.0776 e. The van der Waals surface area contributed by atoms with Gasteiger partial charge in [-0.15, -0.1) is 18.5 Å². The van der Waals surface area contributed by atoms with E-state index in [1.807, 2.05) is 12.4 Å². The summed E-state index contributed by atoms with van der Waals surface area (Å²) in [5.74, 6) is 3.43. The topological polar surface area (TPSA) is 25.8 Å². The lowest BCUT2D eigenvalue weighted by molar-refractivity contribution is -0.0522. The van der Waals surface area contributed by atoms with Crippen LogP contribution in [0.15, 0.2) is 67.3 Å². The fourth-order valence-corrected chi connectivity index (χ4v) is 11.0. The normalized spacial score (nSPS) is 29.5. The van der Waals surface area contributed by atoms with Crippen molar-refractivity contribution in [1.29, 1.82) is 0 Å². The molecule has 3 aromatic rings. The molecule has 1 aromatic carbocycles. The number of hydrogen-bond donors (Lipinski definition) is 0. The Kier molecular flexibility index (Phi) is 6.30. The van der Waals surface area contributed by atoms with E-state index in [1.165, 1.54) is 60.1 Å². The van der Waals surface area contributed by atoms with Gasteiger partial charge in [0.25, 0.3) is 0 Å². The third-order valence-electron chi connectivity index (χ3n) is 9.86. The molecule has 4 saturated carbocycles. The number of pyridine rings is 2. The highest BCUT2D eigenvalue weighted by molar-refractivity contribution is 7.19. The Balaban J connectivity index is 1.65. The maximum atomic E-state index is 4.60. The minimum atomic E-state index is -1.53. The fraction of sp³-hybridized carbons (Fsp3) is 0.484. The lowest BCUT2D eigenvalue weighted by Gasteiger charge is -2.62. The van der Waals surface area contributed by atoms with Gasteiger partial charge in [0.2, 0.25) is 0 Å². The summed E-state index contributed by atoms with van der Waals surface area (Å²) < 4.78 is 0. The first-order chi connectivity index (χ1) is 17.3. The van der Waals surface area contributed by atoms with Crippen LogP contribution in [-0.2, 0) is 10.6 Å². The zero-order chi connectivity index (χ0) is 25.1. The molecule has 5 heteroatoms. The Morgan fingerprint density at radius 3 is 2.03 bits per heavy atom. The molecule has 2 heterocycles. The summed E-state index contributed by atoms with van der Waals surface area (Å²) in [5, 5.41) is 1.15. The van der Waals surface area contributed by atoms with Crippen molar-refractivity contribution in [3.05, 3.63) is 89.5 Å². The van der Waals surface area contributed by atoms with E-state index in [9.17, 15) is 0 Å². The van der Waals surface area contributed by atoms with Gasteiger partial charge in [-0.2, -0.15) is 0 Å². The maximum Gasteiger partial charge on any atom is 0.0776 e. The van der Waals surface area contributed by atoms with E-state index in [-0.39, 0.29) is 10.6 Å². The predicted molar refractivity (Wildman–Crippen MR) is 161 cm³/mol. The van der Waals surface area contributed by atoms with Gasteiger partial charge >= 0.3 is 0 Å². The first kappa shape index (κ1) is 24.9. The van der Waals surface area contributed by atoms with Crippen LogP contribution in [0.4, 0.5) is 0 Å². The first-order valence-electron chi connectivity index (χ1n) is 13.7. The second-order valence-electron chi connectivity index (χ2n) is 12.9. The van der Waals surface area contributed by atoms with Gasteiger partial charge in [0.15, 0.2) is 0 Å². The number of rotatable bonds is 6. The molecule has 0 radical (unpaired) electrons. The van der Waals surface area contributed by atoms with Crippen molar-refractivity contribution < 1.29 is 0 Å². The van der Waals surface area contributed by atoms with Gasteiger partial charge in [0, 0.05) is 24.8 Å². The Labute approximate surface area is 222 Å². The summed E-state index contributed by atoms with van der Waals surface area (Å²) in [6, 6.07) is 16.4. The third-order valence-corrected chi connectivity index (χ3v) is 13.4. The molecule has 4 bridgehead atoms. The van der Waals surface area contributed by atoms with Crippen molar-refractivity contribution in [2.75, 3.05) is 6.16 Å². The number of benzene rings is 1. The standard InChI is InChI=1S/C31H40N2P2Si/c1-36(2,3)26-8-9-27(30-16-21-12-22(17-30)14-23(13-21)29(30)20-34)28(15-26)31(35,24-6-4-10-32-18-24)25-7-5-11-33-19-25/h4-11,15,18-19,21-23,29H,12-14,16-17,20,34-35H2,1-3H3. The summed E-state index contributed by atoms with van der Waals surface area (Å²) in [6.45, 7) is 7.42. The molecule has 0 aliphatic heterocycles. The van der Waals surface area contributed by atoms with Crippen LogP contribution in [0.25, 0.3) is 0 Å². The van der Waals surface area contributed by atoms with Gasteiger partial charge in [-0.3, -0.25) is 9.97 Å². The lowest BCUT2D eigenvalue weighted by Crippen LogP contribution is -2.56. The molecule has 5 unspecified atom stereocenters. The van der Waals surface area contributed by atoms with Crippen LogP contribution in [0.1, 0.15) is 54.4 Å². The van der Waals surface area contributed by atoms with Crippen molar-refractivity contribution in [3.8, 4) is 0 Å². The molecule has 2 aromatic heterocycles. The van der Waals surface area contributed by atoms with Crippen LogP contribution in [-0.4, -0.2) is 24.2 Å². The average molecular weight is 531 g/mol. The van der Waals surface area contributed by atoms with Crippen LogP contribution in [0.3, 0.4) is 0 Å².